The van der Waals surface area contributed by atoms with Crippen LogP contribution in [0.15, 0.2) is 24.5 Å². The first-order valence-corrected chi connectivity index (χ1v) is 12.0. The van der Waals surface area contributed by atoms with Crippen molar-refractivity contribution >= 4 is 5.91 Å². The third-order valence-electron chi connectivity index (χ3n) is 7.45. The second kappa shape index (κ2) is 10.2. The first-order valence-electron chi connectivity index (χ1n) is 12.0. The molecule has 2 saturated heterocycles. The maximum atomic E-state index is 12.7. The number of likely N-dealkylation sites (tertiary alicyclic amines) is 2. The van der Waals surface area contributed by atoms with Crippen LogP contribution in [0.4, 0.5) is 0 Å². The molecule has 1 aromatic rings. The van der Waals surface area contributed by atoms with E-state index in [1.807, 2.05) is 18.5 Å². The molecule has 0 aromatic carbocycles. The van der Waals surface area contributed by atoms with Gasteiger partial charge < -0.3 is 10.4 Å². The molecule has 1 aliphatic carbocycles. The largest absolute Gasteiger partial charge is 0.390 e. The van der Waals surface area contributed by atoms with Gasteiger partial charge in [-0.15, -0.1) is 0 Å². The van der Waals surface area contributed by atoms with Crippen LogP contribution in [0.3, 0.4) is 0 Å². The van der Waals surface area contributed by atoms with Crippen molar-refractivity contribution in [3.05, 3.63) is 30.1 Å². The molecule has 1 atom stereocenters. The number of carbonyl (C=O) groups excluding carboxylic acids is 1. The van der Waals surface area contributed by atoms with Crippen LogP contribution in [0.25, 0.3) is 0 Å². The van der Waals surface area contributed by atoms with Gasteiger partial charge in [0.1, 0.15) is 0 Å². The monoisotopic (exact) mass is 414 g/mol. The molecule has 3 heterocycles. The molecular weight excluding hydrogens is 376 g/mol. The molecule has 6 nitrogen and oxygen atoms in total. The van der Waals surface area contributed by atoms with Crippen molar-refractivity contribution in [2.75, 3.05) is 32.7 Å². The fourth-order valence-corrected chi connectivity index (χ4v) is 5.59. The lowest BCUT2D eigenvalue weighted by molar-refractivity contribution is -0.127. The van der Waals surface area contributed by atoms with Crippen molar-refractivity contribution in [2.45, 2.75) is 76.0 Å². The summed E-state index contributed by atoms with van der Waals surface area (Å²) in [7, 11) is 0. The van der Waals surface area contributed by atoms with E-state index in [1.54, 1.807) is 0 Å². The fourth-order valence-electron chi connectivity index (χ4n) is 5.59. The Morgan fingerprint density at radius 1 is 1.17 bits per heavy atom. The van der Waals surface area contributed by atoms with Gasteiger partial charge in [0.2, 0.25) is 5.91 Å². The van der Waals surface area contributed by atoms with E-state index in [0.717, 1.165) is 71.2 Å². The molecule has 3 aliphatic rings. The highest BCUT2D eigenvalue weighted by Crippen LogP contribution is 2.32. The minimum absolute atomic E-state index is 0.102. The van der Waals surface area contributed by atoms with Crippen molar-refractivity contribution < 1.29 is 9.90 Å². The summed E-state index contributed by atoms with van der Waals surface area (Å²) in [4.78, 5) is 22.0. The van der Waals surface area contributed by atoms with Gasteiger partial charge in [-0.3, -0.25) is 19.6 Å². The third-order valence-corrected chi connectivity index (χ3v) is 7.45. The van der Waals surface area contributed by atoms with Gasteiger partial charge in [-0.05, 0) is 76.2 Å². The molecule has 0 spiro atoms. The number of nitrogens with zero attached hydrogens (tertiary/aromatic N) is 3. The predicted octanol–water partition coefficient (Wildman–Crippen LogP) is 2.57. The minimum atomic E-state index is -0.532. The van der Waals surface area contributed by atoms with Crippen LogP contribution in [0.5, 0.6) is 0 Å². The zero-order valence-electron chi connectivity index (χ0n) is 18.3. The van der Waals surface area contributed by atoms with Crippen molar-refractivity contribution in [3.63, 3.8) is 0 Å². The summed E-state index contributed by atoms with van der Waals surface area (Å²) in [6.07, 6.45) is 13.0. The lowest BCUT2D eigenvalue weighted by atomic mass is 9.93. The lowest BCUT2D eigenvalue weighted by Crippen LogP contribution is -2.50. The summed E-state index contributed by atoms with van der Waals surface area (Å²) >= 11 is 0. The highest BCUT2D eigenvalue weighted by molar-refractivity contribution is 5.78. The van der Waals surface area contributed by atoms with Crippen LogP contribution in [0.1, 0.15) is 63.4 Å². The summed E-state index contributed by atoms with van der Waals surface area (Å²) in [6, 6.07) is 4.76. The molecule has 166 valence electrons. The zero-order chi connectivity index (χ0) is 20.8. The number of hydrogen-bond donors (Lipinski definition) is 2. The third kappa shape index (κ3) is 5.80. The summed E-state index contributed by atoms with van der Waals surface area (Å²) in [6.45, 7) is 5.84. The first kappa shape index (κ1) is 21.7. The summed E-state index contributed by atoms with van der Waals surface area (Å²) in [5.74, 6) is 0.292. The van der Waals surface area contributed by atoms with E-state index in [9.17, 15) is 9.90 Å². The second-order valence-corrected chi connectivity index (χ2v) is 9.68. The normalized spacial score (nSPS) is 26.0. The molecule has 6 heteroatoms. The molecule has 4 rings (SSSR count). The lowest BCUT2D eigenvalue weighted by Gasteiger charge is -2.42. The average molecular weight is 415 g/mol. The van der Waals surface area contributed by atoms with Crippen molar-refractivity contribution in [1.29, 1.82) is 0 Å². The number of rotatable bonds is 7. The quantitative estimate of drug-likeness (QED) is 0.718. The molecule has 0 radical (unpaired) electrons. The minimum Gasteiger partial charge on any atom is -0.390 e. The number of hydrogen-bond acceptors (Lipinski definition) is 5. The second-order valence-electron chi connectivity index (χ2n) is 9.68. The van der Waals surface area contributed by atoms with E-state index in [2.05, 4.69) is 26.2 Å². The molecule has 0 unspecified atom stereocenters. The molecule has 1 aromatic heterocycles. The summed E-state index contributed by atoms with van der Waals surface area (Å²) in [5, 5.41) is 13.6. The van der Waals surface area contributed by atoms with Crippen LogP contribution >= 0.6 is 0 Å². The van der Waals surface area contributed by atoms with Crippen LogP contribution in [0, 0.1) is 5.92 Å². The Labute approximate surface area is 181 Å². The number of nitrogens with one attached hydrogen (secondary N) is 1. The Hall–Kier alpha value is -1.50. The predicted molar refractivity (Wildman–Crippen MR) is 118 cm³/mol. The molecule has 1 amide bonds. The van der Waals surface area contributed by atoms with Crippen LogP contribution < -0.4 is 5.32 Å². The van der Waals surface area contributed by atoms with Crippen LogP contribution in [-0.2, 0) is 11.3 Å². The zero-order valence-corrected chi connectivity index (χ0v) is 18.3. The van der Waals surface area contributed by atoms with Crippen LogP contribution in [0.2, 0.25) is 0 Å². The van der Waals surface area contributed by atoms with E-state index in [0.29, 0.717) is 19.0 Å². The first-order chi connectivity index (χ1) is 14.6. The molecule has 2 aliphatic heterocycles. The molecule has 0 bridgehead atoms. The Morgan fingerprint density at radius 3 is 2.70 bits per heavy atom. The van der Waals surface area contributed by atoms with Crippen LogP contribution in [-0.4, -0.2) is 70.2 Å². The standard InChI is InChI=1S/C24H38N4O2/c29-23(26-13-11-24(30)9-1-2-10-24)21-6-4-14-28(19-21)22-7-15-27(16-8-22)18-20-5-3-12-25-17-20/h3,5,12,17,21-22,30H,1-2,4,6-11,13-16,18-19H2,(H,26,29)/t21-/m0/s1. The van der Waals surface area contributed by atoms with E-state index >= 15 is 0 Å². The Bertz CT molecular complexity index is 669. The van der Waals surface area contributed by atoms with Crippen molar-refractivity contribution in [1.82, 2.24) is 20.1 Å². The highest BCUT2D eigenvalue weighted by Gasteiger charge is 2.33. The number of aromatic nitrogens is 1. The van der Waals surface area contributed by atoms with Gasteiger partial charge in [-0.25, -0.2) is 0 Å². The molecule has 30 heavy (non-hydrogen) atoms. The average Bonchev–Trinajstić information content (AvgIpc) is 3.21. The molecule has 2 N–H and O–H groups in total. The highest BCUT2D eigenvalue weighted by atomic mass is 16.3. The SMILES string of the molecule is O=C(NCCC1(O)CCCC1)[C@H]1CCCN(C2CCN(Cc3cccnc3)CC2)C1. The smallest absolute Gasteiger partial charge is 0.224 e. The summed E-state index contributed by atoms with van der Waals surface area (Å²) in [5.41, 5.74) is 0.753. The topological polar surface area (TPSA) is 68.7 Å². The van der Waals surface area contributed by atoms with E-state index in [-0.39, 0.29) is 11.8 Å². The van der Waals surface area contributed by atoms with Gasteiger partial charge in [0.05, 0.1) is 11.5 Å². The van der Waals surface area contributed by atoms with E-state index < -0.39 is 5.60 Å². The van der Waals surface area contributed by atoms with E-state index in [4.69, 9.17) is 0 Å². The Balaban J connectivity index is 1.19. The van der Waals surface area contributed by atoms with Gasteiger partial charge in [0, 0.05) is 38.1 Å². The van der Waals surface area contributed by atoms with Gasteiger partial charge in [-0.1, -0.05) is 18.9 Å². The number of amides is 1. The van der Waals surface area contributed by atoms with Gasteiger partial charge >= 0.3 is 0 Å². The Morgan fingerprint density at radius 2 is 1.97 bits per heavy atom. The number of carbonyl (C=O) groups is 1. The Kier molecular flexibility index (Phi) is 7.39. The molecular formula is C24H38N4O2. The van der Waals surface area contributed by atoms with Gasteiger partial charge in [-0.2, -0.15) is 0 Å². The summed E-state index contributed by atoms with van der Waals surface area (Å²) < 4.78 is 0. The van der Waals surface area contributed by atoms with Crippen molar-refractivity contribution in [2.24, 2.45) is 5.92 Å². The fraction of sp³-hybridized carbons (Fsp3) is 0.750. The maximum absolute atomic E-state index is 12.7. The van der Waals surface area contributed by atoms with Gasteiger partial charge in [0.15, 0.2) is 0 Å². The molecule has 3 fully saturated rings. The maximum Gasteiger partial charge on any atom is 0.224 e. The van der Waals surface area contributed by atoms with Crippen molar-refractivity contribution in [3.8, 4) is 0 Å². The number of piperidine rings is 2. The van der Waals surface area contributed by atoms with Gasteiger partial charge in [0.25, 0.3) is 0 Å². The number of pyridine rings is 1. The number of aliphatic hydroxyl groups is 1. The molecule has 1 saturated carbocycles. The van der Waals surface area contributed by atoms with E-state index in [1.165, 1.54) is 18.4 Å².